The zero-order valence-corrected chi connectivity index (χ0v) is 7.63. The van der Waals surface area contributed by atoms with Crippen molar-refractivity contribution in [2.75, 3.05) is 0 Å². The first-order chi connectivity index (χ1) is 4.62. The fourth-order valence-corrected chi connectivity index (χ4v) is 0.844. The first-order valence-corrected chi connectivity index (χ1v) is 6.20. The third-order valence-corrected chi connectivity index (χ3v) is 2.80. The van der Waals surface area contributed by atoms with Gasteiger partial charge in [-0.1, -0.05) is 18.4 Å². The zero-order chi connectivity index (χ0) is 8.04. The Bertz CT molecular complexity index is 147. The molecule has 2 heteroatoms. The van der Waals surface area contributed by atoms with Gasteiger partial charge in [0.15, 0.2) is 0 Å². The summed E-state index contributed by atoms with van der Waals surface area (Å²) < 4.78 is 5.39. The molecule has 0 fully saturated rings. The molecule has 0 aliphatic rings. The summed E-state index contributed by atoms with van der Waals surface area (Å²) in [4.78, 5) is 0. The number of rotatable bonds is 4. The molecule has 0 heterocycles. The summed E-state index contributed by atoms with van der Waals surface area (Å²) in [6.07, 6.45) is 5.13. The fraction of sp³-hybridized carbons (Fsp3) is 0.250. The van der Waals surface area contributed by atoms with E-state index >= 15 is 0 Å². The topological polar surface area (TPSA) is 9.23 Å². The number of hydrogen-bond acceptors (Lipinski definition) is 1. The summed E-state index contributed by atoms with van der Waals surface area (Å²) in [6, 6.07) is 0. The van der Waals surface area contributed by atoms with Crippen LogP contribution in [0.1, 0.15) is 0 Å². The van der Waals surface area contributed by atoms with Crippen molar-refractivity contribution >= 4 is 8.32 Å². The SMILES string of the molecule is C=CC=CO[Si](C)(C)C=C. The van der Waals surface area contributed by atoms with Gasteiger partial charge in [0.25, 0.3) is 8.32 Å². The maximum Gasteiger partial charge on any atom is 0.268 e. The quantitative estimate of drug-likeness (QED) is 0.343. The van der Waals surface area contributed by atoms with Crippen molar-refractivity contribution in [1.82, 2.24) is 0 Å². The summed E-state index contributed by atoms with van der Waals surface area (Å²) >= 11 is 0. The third-order valence-electron chi connectivity index (χ3n) is 1.08. The molecule has 0 saturated heterocycles. The van der Waals surface area contributed by atoms with Crippen LogP contribution in [-0.4, -0.2) is 8.32 Å². The van der Waals surface area contributed by atoms with Gasteiger partial charge in [-0.2, -0.15) is 0 Å². The Morgan fingerprint density at radius 1 is 1.30 bits per heavy atom. The second-order valence-corrected chi connectivity index (χ2v) is 6.34. The van der Waals surface area contributed by atoms with Gasteiger partial charge in [-0.05, 0) is 19.2 Å². The molecule has 0 atom stereocenters. The van der Waals surface area contributed by atoms with Crippen molar-refractivity contribution in [1.29, 1.82) is 0 Å². The van der Waals surface area contributed by atoms with Gasteiger partial charge in [0.05, 0.1) is 6.26 Å². The van der Waals surface area contributed by atoms with Gasteiger partial charge in [-0.3, -0.25) is 0 Å². The Balaban J connectivity index is 3.77. The zero-order valence-electron chi connectivity index (χ0n) is 6.63. The highest BCUT2D eigenvalue weighted by molar-refractivity contribution is 6.76. The van der Waals surface area contributed by atoms with Crippen LogP contribution in [0.5, 0.6) is 0 Å². The van der Waals surface area contributed by atoms with Crippen LogP contribution < -0.4 is 0 Å². The van der Waals surface area contributed by atoms with Crippen LogP contribution in [0.2, 0.25) is 13.1 Å². The van der Waals surface area contributed by atoms with Crippen molar-refractivity contribution in [3.63, 3.8) is 0 Å². The van der Waals surface area contributed by atoms with Crippen molar-refractivity contribution in [3.05, 3.63) is 37.3 Å². The van der Waals surface area contributed by atoms with Crippen LogP contribution in [0.25, 0.3) is 0 Å². The Morgan fingerprint density at radius 3 is 2.30 bits per heavy atom. The lowest BCUT2D eigenvalue weighted by atomic mass is 10.6. The van der Waals surface area contributed by atoms with Crippen LogP contribution >= 0.6 is 0 Å². The van der Waals surface area contributed by atoms with Gasteiger partial charge < -0.3 is 4.43 Å². The molecule has 0 bridgehead atoms. The first kappa shape index (κ1) is 9.24. The van der Waals surface area contributed by atoms with Gasteiger partial charge in [-0.15, -0.1) is 6.58 Å². The van der Waals surface area contributed by atoms with E-state index in [-0.39, 0.29) is 0 Å². The van der Waals surface area contributed by atoms with Crippen LogP contribution in [-0.2, 0) is 4.43 Å². The standard InChI is InChI=1S/C8H14OSi/c1-5-7-8-9-10(3,4)6-2/h5-8H,1-2H2,3-4H3. The molecule has 0 spiro atoms. The van der Waals surface area contributed by atoms with E-state index in [1.807, 2.05) is 5.70 Å². The highest BCUT2D eigenvalue weighted by atomic mass is 28.4. The minimum absolute atomic E-state index is 1.59. The van der Waals surface area contributed by atoms with E-state index in [1.165, 1.54) is 0 Å². The Labute approximate surface area is 63.8 Å². The fourth-order valence-electron chi connectivity index (χ4n) is 0.318. The summed E-state index contributed by atoms with van der Waals surface area (Å²) in [5.74, 6) is 0. The van der Waals surface area contributed by atoms with E-state index in [0.29, 0.717) is 0 Å². The Kier molecular flexibility index (Phi) is 3.80. The summed E-state index contributed by atoms with van der Waals surface area (Å²) in [5, 5.41) is 0. The van der Waals surface area contributed by atoms with E-state index in [9.17, 15) is 0 Å². The first-order valence-electron chi connectivity index (χ1n) is 3.21. The van der Waals surface area contributed by atoms with Crippen LogP contribution in [0.4, 0.5) is 0 Å². The van der Waals surface area contributed by atoms with Gasteiger partial charge in [-0.25, -0.2) is 0 Å². The maximum atomic E-state index is 5.39. The molecule has 0 radical (unpaired) electrons. The van der Waals surface area contributed by atoms with E-state index in [2.05, 4.69) is 26.3 Å². The van der Waals surface area contributed by atoms with Gasteiger partial charge in [0.1, 0.15) is 0 Å². The van der Waals surface area contributed by atoms with Crippen molar-refractivity contribution < 1.29 is 4.43 Å². The largest absolute Gasteiger partial charge is 0.546 e. The molecular formula is C8H14OSi. The molecule has 0 saturated carbocycles. The molecule has 0 aromatic carbocycles. The van der Waals surface area contributed by atoms with Crippen LogP contribution in [0.3, 0.4) is 0 Å². The molecular weight excluding hydrogens is 140 g/mol. The summed E-state index contributed by atoms with van der Waals surface area (Å²) in [5.41, 5.74) is 1.89. The van der Waals surface area contributed by atoms with Crippen molar-refractivity contribution in [3.8, 4) is 0 Å². The number of hydrogen-bond donors (Lipinski definition) is 0. The molecule has 0 aromatic heterocycles. The summed E-state index contributed by atoms with van der Waals surface area (Å²) in [7, 11) is -1.59. The lowest BCUT2D eigenvalue weighted by Gasteiger charge is -2.15. The van der Waals surface area contributed by atoms with Gasteiger partial charge >= 0.3 is 0 Å². The lowest BCUT2D eigenvalue weighted by Crippen LogP contribution is -2.24. The van der Waals surface area contributed by atoms with Gasteiger partial charge in [0, 0.05) is 0 Å². The Morgan fingerprint density at radius 2 is 1.90 bits per heavy atom. The molecule has 0 aliphatic carbocycles. The smallest absolute Gasteiger partial charge is 0.268 e. The average Bonchev–Trinajstić information content (AvgIpc) is 1.89. The monoisotopic (exact) mass is 154 g/mol. The van der Waals surface area contributed by atoms with E-state index in [1.54, 1.807) is 18.4 Å². The van der Waals surface area contributed by atoms with E-state index in [0.717, 1.165) is 0 Å². The lowest BCUT2D eigenvalue weighted by molar-refractivity contribution is 0.485. The van der Waals surface area contributed by atoms with Crippen molar-refractivity contribution in [2.45, 2.75) is 13.1 Å². The normalized spacial score (nSPS) is 11.4. The Hall–Kier alpha value is -0.763. The molecule has 0 rings (SSSR count). The molecule has 0 amide bonds. The van der Waals surface area contributed by atoms with E-state index in [4.69, 9.17) is 4.43 Å². The highest BCUT2D eigenvalue weighted by Crippen LogP contribution is 2.04. The van der Waals surface area contributed by atoms with Crippen molar-refractivity contribution in [2.24, 2.45) is 0 Å². The predicted molar refractivity (Wildman–Crippen MR) is 48.1 cm³/mol. The second-order valence-electron chi connectivity index (χ2n) is 2.49. The third kappa shape index (κ3) is 4.15. The van der Waals surface area contributed by atoms with Gasteiger partial charge in [0.2, 0.25) is 0 Å². The minimum atomic E-state index is -1.59. The van der Waals surface area contributed by atoms with Crippen LogP contribution in [0.15, 0.2) is 37.3 Å². The molecule has 56 valence electrons. The molecule has 0 aromatic rings. The van der Waals surface area contributed by atoms with E-state index < -0.39 is 8.32 Å². The second kappa shape index (κ2) is 4.12. The molecule has 10 heavy (non-hydrogen) atoms. The predicted octanol–water partition coefficient (Wildman–Crippen LogP) is 2.63. The molecule has 0 unspecified atom stereocenters. The maximum absolute atomic E-state index is 5.39. The molecule has 0 N–H and O–H groups in total. The molecule has 0 aliphatic heterocycles. The summed E-state index contributed by atoms with van der Waals surface area (Å²) in [6.45, 7) is 11.4. The highest BCUT2D eigenvalue weighted by Gasteiger charge is 2.16. The number of allylic oxidation sites excluding steroid dienone is 2. The molecule has 1 nitrogen and oxygen atoms in total. The average molecular weight is 154 g/mol. The van der Waals surface area contributed by atoms with Crippen LogP contribution in [0, 0.1) is 0 Å². The minimum Gasteiger partial charge on any atom is -0.546 e.